The Balaban J connectivity index is 2.83. The second-order valence-corrected chi connectivity index (χ2v) is 4.81. The number of nitrogens with one attached hydrogen (secondary N) is 1. The zero-order valence-electron chi connectivity index (χ0n) is 12.5. The summed E-state index contributed by atoms with van der Waals surface area (Å²) < 4.78 is 4.84. The van der Waals surface area contributed by atoms with Crippen LogP contribution in [0.2, 0.25) is 0 Å². The number of carbonyl (C=O) groups is 2. The van der Waals surface area contributed by atoms with Gasteiger partial charge in [-0.3, -0.25) is 9.59 Å². The molecular formula is C15H22N2O3. The minimum atomic E-state index is -0.405. The standard InChI is InChI=1S/C15H22N2O3/c1-5-20-14(18)10-17(4)15(19)12-8-6-7-9-13(12)16-11(2)3/h6-9,11,16H,5,10H2,1-4H3. The van der Waals surface area contributed by atoms with Gasteiger partial charge in [0.15, 0.2) is 0 Å². The van der Waals surface area contributed by atoms with Gasteiger partial charge in [-0.2, -0.15) is 0 Å². The minimum Gasteiger partial charge on any atom is -0.465 e. The van der Waals surface area contributed by atoms with Crippen LogP contribution in [0.15, 0.2) is 24.3 Å². The molecule has 0 unspecified atom stereocenters. The number of benzene rings is 1. The molecule has 0 spiro atoms. The summed E-state index contributed by atoms with van der Waals surface area (Å²) in [6.07, 6.45) is 0. The third kappa shape index (κ3) is 4.57. The predicted molar refractivity (Wildman–Crippen MR) is 78.8 cm³/mol. The van der Waals surface area contributed by atoms with Crippen molar-refractivity contribution in [2.24, 2.45) is 0 Å². The zero-order chi connectivity index (χ0) is 15.1. The molecule has 1 N–H and O–H groups in total. The predicted octanol–water partition coefficient (Wildman–Crippen LogP) is 2.14. The molecule has 1 aromatic rings. The van der Waals surface area contributed by atoms with Crippen LogP contribution in [-0.2, 0) is 9.53 Å². The molecule has 0 bridgehead atoms. The number of anilines is 1. The van der Waals surface area contributed by atoms with E-state index < -0.39 is 5.97 Å². The van der Waals surface area contributed by atoms with Crippen LogP contribution in [0.3, 0.4) is 0 Å². The van der Waals surface area contributed by atoms with Crippen LogP contribution >= 0.6 is 0 Å². The normalized spacial score (nSPS) is 10.2. The molecule has 1 amide bonds. The lowest BCUT2D eigenvalue weighted by atomic mass is 10.1. The smallest absolute Gasteiger partial charge is 0.325 e. The first-order valence-corrected chi connectivity index (χ1v) is 6.72. The fourth-order valence-corrected chi connectivity index (χ4v) is 1.78. The molecule has 0 heterocycles. The van der Waals surface area contributed by atoms with Crippen molar-refractivity contribution in [2.45, 2.75) is 26.8 Å². The molecule has 0 fully saturated rings. The third-order valence-electron chi connectivity index (χ3n) is 2.62. The van der Waals surface area contributed by atoms with Crippen molar-refractivity contribution in [3.8, 4) is 0 Å². The fraction of sp³-hybridized carbons (Fsp3) is 0.467. The molecule has 1 rings (SSSR count). The van der Waals surface area contributed by atoms with Gasteiger partial charge in [-0.25, -0.2) is 0 Å². The van der Waals surface area contributed by atoms with E-state index in [2.05, 4.69) is 5.32 Å². The second-order valence-electron chi connectivity index (χ2n) is 4.81. The molecular weight excluding hydrogens is 256 g/mol. The zero-order valence-corrected chi connectivity index (χ0v) is 12.5. The van der Waals surface area contributed by atoms with Gasteiger partial charge in [0, 0.05) is 18.8 Å². The Labute approximate surface area is 119 Å². The SMILES string of the molecule is CCOC(=O)CN(C)C(=O)c1ccccc1NC(C)C. The lowest BCUT2D eigenvalue weighted by Gasteiger charge is -2.19. The molecule has 0 radical (unpaired) electrons. The van der Waals surface area contributed by atoms with Gasteiger partial charge in [-0.05, 0) is 32.9 Å². The average molecular weight is 278 g/mol. The Morgan fingerprint density at radius 1 is 1.30 bits per heavy atom. The van der Waals surface area contributed by atoms with E-state index in [1.54, 1.807) is 26.1 Å². The summed E-state index contributed by atoms with van der Waals surface area (Å²) >= 11 is 0. The van der Waals surface area contributed by atoms with E-state index in [4.69, 9.17) is 4.74 Å². The van der Waals surface area contributed by atoms with Gasteiger partial charge >= 0.3 is 5.97 Å². The molecule has 1 aromatic carbocycles. The molecule has 5 nitrogen and oxygen atoms in total. The number of nitrogens with zero attached hydrogens (tertiary/aromatic N) is 1. The Morgan fingerprint density at radius 3 is 2.55 bits per heavy atom. The van der Waals surface area contributed by atoms with E-state index in [1.807, 2.05) is 26.0 Å². The van der Waals surface area contributed by atoms with Gasteiger partial charge in [0.1, 0.15) is 6.54 Å². The van der Waals surface area contributed by atoms with Crippen LogP contribution < -0.4 is 5.32 Å². The van der Waals surface area contributed by atoms with Gasteiger partial charge in [-0.15, -0.1) is 0 Å². The molecule has 110 valence electrons. The Kier molecular flexibility index (Phi) is 6.03. The fourth-order valence-electron chi connectivity index (χ4n) is 1.78. The number of hydrogen-bond donors (Lipinski definition) is 1. The van der Waals surface area contributed by atoms with Gasteiger partial charge < -0.3 is 15.0 Å². The third-order valence-corrected chi connectivity index (χ3v) is 2.62. The van der Waals surface area contributed by atoms with E-state index in [1.165, 1.54) is 4.90 Å². The minimum absolute atomic E-state index is 0.0529. The van der Waals surface area contributed by atoms with Gasteiger partial charge in [0.2, 0.25) is 0 Å². The summed E-state index contributed by atoms with van der Waals surface area (Å²) in [6.45, 7) is 6.00. The van der Waals surface area contributed by atoms with Crippen LogP contribution in [0, 0.1) is 0 Å². The van der Waals surface area contributed by atoms with E-state index in [0.717, 1.165) is 5.69 Å². The highest BCUT2D eigenvalue weighted by Crippen LogP contribution is 2.17. The first-order valence-electron chi connectivity index (χ1n) is 6.72. The molecule has 0 saturated carbocycles. The molecule has 0 aliphatic rings. The van der Waals surface area contributed by atoms with E-state index in [9.17, 15) is 9.59 Å². The van der Waals surface area contributed by atoms with Crippen LogP contribution in [0.25, 0.3) is 0 Å². The number of likely N-dealkylation sites (N-methyl/N-ethyl adjacent to an activating group) is 1. The highest BCUT2D eigenvalue weighted by molar-refractivity contribution is 6.00. The van der Waals surface area contributed by atoms with E-state index in [0.29, 0.717) is 12.2 Å². The maximum absolute atomic E-state index is 12.4. The van der Waals surface area contributed by atoms with Crippen molar-refractivity contribution in [1.82, 2.24) is 4.90 Å². The van der Waals surface area contributed by atoms with Crippen molar-refractivity contribution in [3.63, 3.8) is 0 Å². The Bertz CT molecular complexity index is 472. The van der Waals surface area contributed by atoms with Crippen molar-refractivity contribution < 1.29 is 14.3 Å². The maximum atomic E-state index is 12.4. The molecule has 0 aromatic heterocycles. The Hall–Kier alpha value is -2.04. The molecule has 20 heavy (non-hydrogen) atoms. The van der Waals surface area contributed by atoms with Crippen molar-refractivity contribution in [1.29, 1.82) is 0 Å². The molecule has 0 atom stereocenters. The lowest BCUT2D eigenvalue weighted by Crippen LogP contribution is -2.33. The number of carbonyl (C=O) groups excluding carboxylic acids is 2. The summed E-state index contributed by atoms with van der Waals surface area (Å²) in [5.41, 5.74) is 1.32. The average Bonchev–Trinajstić information content (AvgIpc) is 2.38. The number of hydrogen-bond acceptors (Lipinski definition) is 4. The first-order chi connectivity index (χ1) is 9.45. The van der Waals surface area contributed by atoms with Crippen LogP contribution in [0.5, 0.6) is 0 Å². The van der Waals surface area contributed by atoms with Crippen molar-refractivity contribution in [2.75, 3.05) is 25.5 Å². The van der Waals surface area contributed by atoms with Crippen LogP contribution in [0.1, 0.15) is 31.1 Å². The lowest BCUT2D eigenvalue weighted by molar-refractivity contribution is -0.143. The molecule has 0 aliphatic heterocycles. The topological polar surface area (TPSA) is 58.6 Å². The number of para-hydroxylation sites is 1. The quantitative estimate of drug-likeness (QED) is 0.810. The van der Waals surface area contributed by atoms with E-state index in [-0.39, 0.29) is 18.5 Å². The van der Waals surface area contributed by atoms with E-state index >= 15 is 0 Å². The number of esters is 1. The summed E-state index contributed by atoms with van der Waals surface area (Å²) in [5.74, 6) is -0.612. The van der Waals surface area contributed by atoms with Crippen LogP contribution in [-0.4, -0.2) is 43.0 Å². The van der Waals surface area contributed by atoms with Crippen molar-refractivity contribution in [3.05, 3.63) is 29.8 Å². The Morgan fingerprint density at radius 2 is 1.95 bits per heavy atom. The number of ether oxygens (including phenoxy) is 1. The summed E-state index contributed by atoms with van der Waals surface area (Å²) in [7, 11) is 1.59. The first kappa shape index (κ1) is 16.0. The highest BCUT2D eigenvalue weighted by atomic mass is 16.5. The van der Waals surface area contributed by atoms with Gasteiger partial charge in [0.25, 0.3) is 5.91 Å². The molecule has 0 saturated heterocycles. The number of amides is 1. The highest BCUT2D eigenvalue weighted by Gasteiger charge is 2.18. The summed E-state index contributed by atoms with van der Waals surface area (Å²) in [6, 6.07) is 7.49. The van der Waals surface area contributed by atoms with Gasteiger partial charge in [-0.1, -0.05) is 12.1 Å². The summed E-state index contributed by atoms with van der Waals surface area (Å²) in [5, 5.41) is 3.22. The molecule has 0 aliphatic carbocycles. The van der Waals surface area contributed by atoms with Gasteiger partial charge in [0.05, 0.1) is 12.2 Å². The molecule has 5 heteroatoms. The number of rotatable bonds is 6. The second kappa shape index (κ2) is 7.53. The van der Waals surface area contributed by atoms with Crippen molar-refractivity contribution >= 4 is 17.6 Å². The maximum Gasteiger partial charge on any atom is 0.325 e. The monoisotopic (exact) mass is 278 g/mol. The summed E-state index contributed by atoms with van der Waals surface area (Å²) in [4.78, 5) is 25.1. The van der Waals surface area contributed by atoms with Crippen LogP contribution in [0.4, 0.5) is 5.69 Å². The largest absolute Gasteiger partial charge is 0.465 e.